The van der Waals surface area contributed by atoms with Crippen molar-refractivity contribution in [3.63, 3.8) is 0 Å². The van der Waals surface area contributed by atoms with Crippen molar-refractivity contribution in [2.75, 3.05) is 7.11 Å². The summed E-state index contributed by atoms with van der Waals surface area (Å²) in [7, 11) is 1.32. The molecular weight excluding hydrogens is 130 g/mol. The number of carbonyl (C=O) groups is 1. The Labute approximate surface area is 60.9 Å². The van der Waals surface area contributed by atoms with E-state index in [9.17, 15) is 4.79 Å². The molecule has 0 rings (SSSR count). The lowest BCUT2D eigenvalue weighted by atomic mass is 10.0. The van der Waals surface area contributed by atoms with Gasteiger partial charge in [-0.2, -0.15) is 0 Å². The lowest BCUT2D eigenvalue weighted by Crippen LogP contribution is -2.36. The molecule has 0 aromatic rings. The Kier molecular flexibility index (Phi) is 3.72. The van der Waals surface area contributed by atoms with Crippen LogP contribution in [0.25, 0.3) is 0 Å². The molecule has 0 heterocycles. The van der Waals surface area contributed by atoms with E-state index in [-0.39, 0.29) is 5.92 Å². The molecule has 0 aliphatic carbocycles. The predicted molar refractivity (Wildman–Crippen MR) is 39.4 cm³/mol. The normalized spacial score (nSPS) is 15.5. The Morgan fingerprint density at radius 1 is 1.80 bits per heavy atom. The second kappa shape index (κ2) is 4.06. The molecule has 0 saturated heterocycles. The molecule has 0 bridgehead atoms. The highest BCUT2D eigenvalue weighted by Gasteiger charge is 2.18. The van der Waals surface area contributed by atoms with Crippen molar-refractivity contribution >= 4 is 5.97 Å². The Bertz CT molecular complexity index is 134. The SMILES string of the molecule is C=C[C@@H](C)[C@@H](N)C(=O)OC. The molecule has 0 saturated carbocycles. The summed E-state index contributed by atoms with van der Waals surface area (Å²) < 4.78 is 4.42. The van der Waals surface area contributed by atoms with Crippen LogP contribution in [0.5, 0.6) is 0 Å². The Balaban J connectivity index is 3.93. The van der Waals surface area contributed by atoms with E-state index in [1.54, 1.807) is 6.08 Å². The highest BCUT2D eigenvalue weighted by Crippen LogP contribution is 2.01. The van der Waals surface area contributed by atoms with E-state index in [4.69, 9.17) is 5.73 Å². The zero-order valence-corrected chi connectivity index (χ0v) is 6.33. The summed E-state index contributed by atoms with van der Waals surface area (Å²) >= 11 is 0. The standard InChI is InChI=1S/C7H13NO2/c1-4-5(2)6(8)7(9)10-3/h4-6H,1,8H2,2-3H3/t5-,6-/m1/s1. The molecule has 0 aromatic carbocycles. The van der Waals surface area contributed by atoms with Gasteiger partial charge in [-0.3, -0.25) is 4.79 Å². The molecule has 2 atom stereocenters. The molecule has 3 heteroatoms. The summed E-state index contributed by atoms with van der Waals surface area (Å²) in [5.41, 5.74) is 5.44. The van der Waals surface area contributed by atoms with Crippen LogP contribution in [0.2, 0.25) is 0 Å². The topological polar surface area (TPSA) is 52.3 Å². The minimum Gasteiger partial charge on any atom is -0.468 e. The highest BCUT2D eigenvalue weighted by atomic mass is 16.5. The van der Waals surface area contributed by atoms with Crippen LogP contribution in [0.1, 0.15) is 6.92 Å². The van der Waals surface area contributed by atoms with Gasteiger partial charge in [-0.05, 0) is 5.92 Å². The van der Waals surface area contributed by atoms with Crippen LogP contribution in [0.15, 0.2) is 12.7 Å². The zero-order valence-electron chi connectivity index (χ0n) is 6.33. The maximum atomic E-state index is 10.7. The molecule has 3 nitrogen and oxygen atoms in total. The van der Waals surface area contributed by atoms with E-state index >= 15 is 0 Å². The van der Waals surface area contributed by atoms with Gasteiger partial charge < -0.3 is 10.5 Å². The smallest absolute Gasteiger partial charge is 0.323 e. The van der Waals surface area contributed by atoms with E-state index in [1.807, 2.05) is 6.92 Å². The summed E-state index contributed by atoms with van der Waals surface area (Å²) in [4.78, 5) is 10.7. The van der Waals surface area contributed by atoms with Gasteiger partial charge in [0.2, 0.25) is 0 Å². The van der Waals surface area contributed by atoms with Gasteiger partial charge in [-0.25, -0.2) is 0 Å². The molecule has 0 fully saturated rings. The first kappa shape index (κ1) is 9.17. The maximum absolute atomic E-state index is 10.7. The summed E-state index contributed by atoms with van der Waals surface area (Å²) in [6.07, 6.45) is 1.63. The van der Waals surface area contributed by atoms with Crippen LogP contribution in [-0.4, -0.2) is 19.1 Å². The van der Waals surface area contributed by atoms with E-state index in [2.05, 4.69) is 11.3 Å². The Morgan fingerprint density at radius 3 is 2.60 bits per heavy atom. The lowest BCUT2D eigenvalue weighted by Gasteiger charge is -2.12. The zero-order chi connectivity index (χ0) is 8.15. The Hall–Kier alpha value is -0.830. The predicted octanol–water partition coefficient (Wildman–Crippen LogP) is 0.309. The van der Waals surface area contributed by atoms with E-state index in [1.165, 1.54) is 7.11 Å². The average Bonchev–Trinajstić information content (AvgIpc) is 2.00. The third kappa shape index (κ3) is 2.19. The second-order valence-corrected chi connectivity index (χ2v) is 2.14. The third-order valence-corrected chi connectivity index (χ3v) is 1.41. The van der Waals surface area contributed by atoms with Crippen molar-refractivity contribution in [1.29, 1.82) is 0 Å². The molecule has 2 N–H and O–H groups in total. The first-order chi connectivity index (χ1) is 4.63. The summed E-state index contributed by atoms with van der Waals surface area (Å²) in [5.74, 6) is -0.431. The molecule has 0 aliphatic heterocycles. The van der Waals surface area contributed by atoms with E-state index < -0.39 is 12.0 Å². The average molecular weight is 143 g/mol. The van der Waals surface area contributed by atoms with Crippen LogP contribution in [0.4, 0.5) is 0 Å². The summed E-state index contributed by atoms with van der Waals surface area (Å²) in [6.45, 7) is 5.32. The fraction of sp³-hybridized carbons (Fsp3) is 0.571. The number of hydrogen-bond donors (Lipinski definition) is 1. The third-order valence-electron chi connectivity index (χ3n) is 1.41. The highest BCUT2D eigenvalue weighted by molar-refractivity contribution is 5.75. The number of methoxy groups -OCH3 is 1. The number of ether oxygens (including phenoxy) is 1. The minimum absolute atomic E-state index is 0.0348. The maximum Gasteiger partial charge on any atom is 0.323 e. The van der Waals surface area contributed by atoms with Crippen LogP contribution in [-0.2, 0) is 9.53 Å². The summed E-state index contributed by atoms with van der Waals surface area (Å²) in [5, 5.41) is 0. The first-order valence-electron chi connectivity index (χ1n) is 3.09. The second-order valence-electron chi connectivity index (χ2n) is 2.14. The number of carbonyl (C=O) groups excluding carboxylic acids is 1. The van der Waals surface area contributed by atoms with Crippen molar-refractivity contribution in [3.8, 4) is 0 Å². The van der Waals surface area contributed by atoms with Gasteiger partial charge in [0, 0.05) is 0 Å². The molecule has 10 heavy (non-hydrogen) atoms. The number of rotatable bonds is 3. The quantitative estimate of drug-likeness (QED) is 0.457. The number of esters is 1. The van der Waals surface area contributed by atoms with E-state index in [0.717, 1.165) is 0 Å². The lowest BCUT2D eigenvalue weighted by molar-refractivity contribution is -0.142. The number of nitrogens with two attached hydrogens (primary N) is 1. The molecular formula is C7H13NO2. The van der Waals surface area contributed by atoms with Crippen LogP contribution >= 0.6 is 0 Å². The van der Waals surface area contributed by atoms with Crippen molar-refractivity contribution in [1.82, 2.24) is 0 Å². The number of hydrogen-bond acceptors (Lipinski definition) is 3. The van der Waals surface area contributed by atoms with Crippen molar-refractivity contribution < 1.29 is 9.53 Å². The van der Waals surface area contributed by atoms with Gasteiger partial charge >= 0.3 is 5.97 Å². The molecule has 0 aromatic heterocycles. The molecule has 58 valence electrons. The van der Waals surface area contributed by atoms with Crippen LogP contribution < -0.4 is 5.73 Å². The van der Waals surface area contributed by atoms with Gasteiger partial charge in [-0.1, -0.05) is 13.0 Å². The first-order valence-corrected chi connectivity index (χ1v) is 3.09. The van der Waals surface area contributed by atoms with Crippen LogP contribution in [0, 0.1) is 5.92 Å². The van der Waals surface area contributed by atoms with Gasteiger partial charge in [-0.15, -0.1) is 6.58 Å². The monoisotopic (exact) mass is 143 g/mol. The Morgan fingerprint density at radius 2 is 2.30 bits per heavy atom. The van der Waals surface area contributed by atoms with Gasteiger partial charge in [0.25, 0.3) is 0 Å². The molecule has 0 radical (unpaired) electrons. The van der Waals surface area contributed by atoms with E-state index in [0.29, 0.717) is 0 Å². The summed E-state index contributed by atoms with van der Waals surface area (Å²) in [6, 6.07) is -0.581. The minimum atomic E-state index is -0.581. The fourth-order valence-electron chi connectivity index (χ4n) is 0.497. The molecule has 0 unspecified atom stereocenters. The molecule has 0 amide bonds. The largest absolute Gasteiger partial charge is 0.468 e. The molecule has 0 aliphatic rings. The van der Waals surface area contributed by atoms with Crippen molar-refractivity contribution in [2.24, 2.45) is 11.7 Å². The molecule has 0 spiro atoms. The van der Waals surface area contributed by atoms with Gasteiger partial charge in [0.15, 0.2) is 0 Å². The fourth-order valence-corrected chi connectivity index (χ4v) is 0.497. The van der Waals surface area contributed by atoms with Gasteiger partial charge in [0.1, 0.15) is 6.04 Å². The van der Waals surface area contributed by atoms with Crippen molar-refractivity contribution in [3.05, 3.63) is 12.7 Å². The van der Waals surface area contributed by atoms with Gasteiger partial charge in [0.05, 0.1) is 7.11 Å². The van der Waals surface area contributed by atoms with Crippen LogP contribution in [0.3, 0.4) is 0 Å². The van der Waals surface area contributed by atoms with Crippen molar-refractivity contribution in [2.45, 2.75) is 13.0 Å².